The van der Waals surface area contributed by atoms with Gasteiger partial charge in [0, 0.05) is 19.0 Å². The molecule has 0 saturated carbocycles. The van der Waals surface area contributed by atoms with Crippen molar-refractivity contribution in [2.45, 2.75) is 105 Å². The van der Waals surface area contributed by atoms with E-state index in [4.69, 9.17) is 4.52 Å². The van der Waals surface area contributed by atoms with E-state index in [2.05, 4.69) is 37.7 Å². The van der Waals surface area contributed by atoms with E-state index in [0.717, 1.165) is 6.61 Å². The first-order chi connectivity index (χ1) is 13.2. The minimum atomic E-state index is -1.12. The minimum absolute atomic E-state index is 0.934. The molecular formula is C23H48N2OP. The Kier molecular flexibility index (Phi) is 20.0. The van der Waals surface area contributed by atoms with Crippen molar-refractivity contribution in [2.75, 3.05) is 25.1 Å². The average Bonchev–Trinajstić information content (AvgIpc) is 3.26. The fraction of sp³-hybridized carbons (Fsp3) is 0.870. The molecule has 1 aromatic rings. The molecule has 0 spiro atoms. The molecule has 161 valence electrons. The molecule has 0 bridgehead atoms. The van der Waals surface area contributed by atoms with E-state index in [-0.39, 0.29) is 0 Å². The summed E-state index contributed by atoms with van der Waals surface area (Å²) in [5.74, 6) is 0. The summed E-state index contributed by atoms with van der Waals surface area (Å²) < 4.78 is 6.48. The molecule has 0 fully saturated rings. The highest BCUT2D eigenvalue weighted by molar-refractivity contribution is 7.71. The molecule has 0 aromatic carbocycles. The number of unbranched alkanes of at least 4 members (excludes halogenated alkanes) is 9. The first-order valence-corrected chi connectivity index (χ1v) is 13.9. The Morgan fingerprint density at radius 2 is 1.19 bits per heavy atom. The molecular weight excluding hydrogens is 351 g/mol. The van der Waals surface area contributed by atoms with Crippen LogP contribution in [0.3, 0.4) is 0 Å². The molecule has 0 saturated heterocycles. The molecule has 1 aromatic heterocycles. The lowest BCUT2D eigenvalue weighted by Crippen LogP contribution is -2.12. The van der Waals surface area contributed by atoms with Crippen LogP contribution in [0, 0.1) is 0 Å². The van der Waals surface area contributed by atoms with Gasteiger partial charge in [0.1, 0.15) is 0 Å². The van der Waals surface area contributed by atoms with Gasteiger partial charge in [-0.05, 0) is 52.2 Å². The van der Waals surface area contributed by atoms with E-state index in [9.17, 15) is 0 Å². The summed E-state index contributed by atoms with van der Waals surface area (Å²) in [7, 11) is -1.12. The van der Waals surface area contributed by atoms with E-state index >= 15 is 0 Å². The summed E-state index contributed by atoms with van der Waals surface area (Å²) in [6.07, 6.45) is 26.0. The molecule has 0 amide bonds. The fourth-order valence-electron chi connectivity index (χ4n) is 3.50. The smallest absolute Gasteiger partial charge is 0.0919 e. The van der Waals surface area contributed by atoms with Gasteiger partial charge in [-0.3, -0.25) is 0 Å². The Morgan fingerprint density at radius 3 is 1.44 bits per heavy atom. The second-order valence-electron chi connectivity index (χ2n) is 7.59. The predicted octanol–water partition coefficient (Wildman–Crippen LogP) is 8.11. The van der Waals surface area contributed by atoms with Gasteiger partial charge in [-0.25, -0.2) is 4.98 Å². The highest BCUT2D eigenvalue weighted by Crippen LogP contribution is 2.61. The monoisotopic (exact) mass is 399 g/mol. The van der Waals surface area contributed by atoms with Gasteiger partial charge >= 0.3 is 0 Å². The third-order valence-corrected chi connectivity index (χ3v) is 9.27. The Labute approximate surface area is 170 Å². The molecule has 1 heterocycles. The number of rotatable bonds is 17. The fourth-order valence-corrected chi connectivity index (χ4v) is 7.50. The summed E-state index contributed by atoms with van der Waals surface area (Å²) in [5, 5.41) is 0. The Morgan fingerprint density at radius 1 is 0.704 bits per heavy atom. The van der Waals surface area contributed by atoms with E-state index in [0.29, 0.717) is 0 Å². The summed E-state index contributed by atoms with van der Waals surface area (Å²) in [6, 6.07) is 0. The molecule has 1 N–H and O–H groups in total. The van der Waals surface area contributed by atoms with Gasteiger partial charge in [0.2, 0.25) is 0 Å². The highest BCUT2D eigenvalue weighted by Gasteiger charge is 2.26. The largest absolute Gasteiger partial charge is 0.366 e. The number of imidazole rings is 1. The van der Waals surface area contributed by atoms with Crippen LogP contribution in [0.2, 0.25) is 0 Å². The van der Waals surface area contributed by atoms with Gasteiger partial charge in [-0.1, -0.05) is 78.6 Å². The van der Waals surface area contributed by atoms with Crippen molar-refractivity contribution in [1.82, 2.24) is 9.97 Å². The van der Waals surface area contributed by atoms with Crippen molar-refractivity contribution in [3.63, 3.8) is 0 Å². The maximum absolute atomic E-state index is 6.48. The van der Waals surface area contributed by atoms with Crippen molar-refractivity contribution >= 4 is 7.49 Å². The first kappa shape index (κ1) is 26.6. The van der Waals surface area contributed by atoms with E-state index in [1.54, 1.807) is 18.7 Å². The third-order valence-electron chi connectivity index (χ3n) is 5.07. The van der Waals surface area contributed by atoms with Crippen LogP contribution in [0.4, 0.5) is 0 Å². The molecule has 0 unspecified atom stereocenters. The number of nitrogens with zero attached hydrogens (tertiary/aromatic N) is 1. The summed E-state index contributed by atoms with van der Waals surface area (Å²) in [4.78, 5) is 6.42. The SMILES string of the molecule is CCCCCC[P](CCCCCC)(CCCCCC)OCC.c1c[nH]cn1. The quantitative estimate of drug-likeness (QED) is 0.212. The molecule has 4 heteroatoms. The van der Waals surface area contributed by atoms with Gasteiger partial charge in [-0.15, -0.1) is 0 Å². The Hall–Kier alpha value is -0.400. The molecule has 3 nitrogen and oxygen atoms in total. The van der Waals surface area contributed by atoms with E-state index < -0.39 is 7.49 Å². The van der Waals surface area contributed by atoms with Gasteiger partial charge in [0.25, 0.3) is 0 Å². The topological polar surface area (TPSA) is 37.9 Å². The highest BCUT2D eigenvalue weighted by atomic mass is 31.2. The standard InChI is InChI=1S/C20H44OP.C3H4N2/c1-5-9-12-15-18-22(21-8-4,19-16-13-10-6-2)20-17-14-11-7-3;1-2-5-3-4-1/h5-20H2,1-4H3;1-3H,(H,4,5). The van der Waals surface area contributed by atoms with Crippen LogP contribution in [0.1, 0.15) is 105 Å². The van der Waals surface area contributed by atoms with Crippen molar-refractivity contribution in [3.8, 4) is 0 Å². The van der Waals surface area contributed by atoms with Crippen LogP contribution in [-0.4, -0.2) is 35.1 Å². The number of aromatic amines is 1. The minimum Gasteiger partial charge on any atom is -0.366 e. The number of H-pyrrole nitrogens is 1. The second kappa shape index (κ2) is 20.3. The number of nitrogens with one attached hydrogen (secondary N) is 1. The maximum atomic E-state index is 6.48. The van der Waals surface area contributed by atoms with Crippen molar-refractivity contribution in [3.05, 3.63) is 18.7 Å². The molecule has 0 aliphatic carbocycles. The lowest BCUT2D eigenvalue weighted by molar-refractivity contribution is 0.359. The van der Waals surface area contributed by atoms with Gasteiger partial charge < -0.3 is 9.51 Å². The maximum Gasteiger partial charge on any atom is 0.0919 e. The third kappa shape index (κ3) is 16.3. The summed E-state index contributed by atoms with van der Waals surface area (Å²) in [5.41, 5.74) is 0. The van der Waals surface area contributed by atoms with E-state index in [1.165, 1.54) is 95.5 Å². The van der Waals surface area contributed by atoms with Gasteiger partial charge in [0.15, 0.2) is 0 Å². The van der Waals surface area contributed by atoms with Crippen molar-refractivity contribution in [2.24, 2.45) is 0 Å². The molecule has 0 aliphatic rings. The number of hydrogen-bond donors (Lipinski definition) is 1. The first-order valence-electron chi connectivity index (χ1n) is 11.7. The van der Waals surface area contributed by atoms with Crippen LogP contribution >= 0.6 is 7.49 Å². The van der Waals surface area contributed by atoms with E-state index in [1.807, 2.05) is 0 Å². The van der Waals surface area contributed by atoms with Crippen LogP contribution in [-0.2, 0) is 4.52 Å². The molecule has 0 aliphatic heterocycles. The number of aromatic nitrogens is 2. The van der Waals surface area contributed by atoms with Gasteiger partial charge in [-0.2, -0.15) is 0 Å². The normalized spacial score (nSPS) is 11.3. The molecule has 27 heavy (non-hydrogen) atoms. The zero-order valence-corrected chi connectivity index (χ0v) is 19.7. The lowest BCUT2D eigenvalue weighted by atomic mass is 10.2. The predicted molar refractivity (Wildman–Crippen MR) is 124 cm³/mol. The molecule has 0 atom stereocenters. The van der Waals surface area contributed by atoms with Gasteiger partial charge in [0.05, 0.1) is 6.33 Å². The Bertz CT molecular complexity index is 322. The molecule has 1 rings (SSSR count). The zero-order valence-electron chi connectivity index (χ0n) is 18.8. The van der Waals surface area contributed by atoms with Crippen molar-refractivity contribution < 1.29 is 4.52 Å². The number of hydrogen-bond acceptors (Lipinski definition) is 2. The average molecular weight is 400 g/mol. The van der Waals surface area contributed by atoms with Crippen LogP contribution < -0.4 is 0 Å². The summed E-state index contributed by atoms with van der Waals surface area (Å²) in [6.45, 7) is 10.1. The summed E-state index contributed by atoms with van der Waals surface area (Å²) >= 11 is 0. The second-order valence-corrected chi connectivity index (χ2v) is 11.3. The Balaban J connectivity index is 0.00000115. The van der Waals surface area contributed by atoms with Crippen LogP contribution in [0.25, 0.3) is 0 Å². The lowest BCUT2D eigenvalue weighted by Gasteiger charge is -2.36. The molecule has 1 radical (unpaired) electrons. The zero-order chi connectivity index (χ0) is 20.1. The van der Waals surface area contributed by atoms with Crippen LogP contribution in [0.5, 0.6) is 0 Å². The van der Waals surface area contributed by atoms with Crippen LogP contribution in [0.15, 0.2) is 18.7 Å². The van der Waals surface area contributed by atoms with Crippen molar-refractivity contribution in [1.29, 1.82) is 0 Å².